The highest BCUT2D eigenvalue weighted by Gasteiger charge is 2.00. The summed E-state index contributed by atoms with van der Waals surface area (Å²) in [5.41, 5.74) is 1.01. The quantitative estimate of drug-likeness (QED) is 0.574. The normalized spacial score (nSPS) is 12.4. The largest absolute Gasteiger partial charge is 0.481 e. The van der Waals surface area contributed by atoms with Crippen molar-refractivity contribution in [2.45, 2.75) is 26.3 Å². The van der Waals surface area contributed by atoms with E-state index in [4.69, 9.17) is 16.3 Å². The van der Waals surface area contributed by atoms with Gasteiger partial charge in [0.15, 0.2) is 0 Å². The van der Waals surface area contributed by atoms with E-state index in [9.17, 15) is 0 Å². The molecule has 17 heavy (non-hydrogen) atoms. The van der Waals surface area contributed by atoms with Crippen molar-refractivity contribution in [3.05, 3.63) is 23.9 Å². The monoisotopic (exact) mass is 256 g/mol. The molecule has 1 aromatic heterocycles. The molecule has 0 fully saturated rings. The number of nitrogens with one attached hydrogen (secondary N) is 1. The number of pyridine rings is 1. The first-order chi connectivity index (χ1) is 8.26. The van der Waals surface area contributed by atoms with Crippen LogP contribution in [0.1, 0.15) is 25.5 Å². The third kappa shape index (κ3) is 5.89. The van der Waals surface area contributed by atoms with Crippen LogP contribution in [0.2, 0.25) is 0 Å². The number of ether oxygens (including phenoxy) is 1. The molecule has 1 unspecified atom stereocenters. The van der Waals surface area contributed by atoms with Gasteiger partial charge in [0.25, 0.3) is 0 Å². The van der Waals surface area contributed by atoms with Gasteiger partial charge in [-0.1, -0.05) is 13.0 Å². The molecule has 3 nitrogen and oxygen atoms in total. The summed E-state index contributed by atoms with van der Waals surface area (Å²) in [5, 5.41) is 3.37. The molecule has 0 bridgehead atoms. The van der Waals surface area contributed by atoms with Crippen LogP contribution in [0.5, 0.6) is 5.88 Å². The third-order valence-corrected chi connectivity index (χ3v) is 3.14. The standard InChI is InChI=1S/C13H21ClN2O/c1-11(9-14)5-4-8-15-10-12-6-3-7-13(16-12)17-2/h3,6-7,11,15H,4-5,8-10H2,1-2H3. The van der Waals surface area contributed by atoms with Crippen molar-refractivity contribution < 1.29 is 4.74 Å². The zero-order valence-electron chi connectivity index (χ0n) is 10.6. The Hall–Kier alpha value is -0.800. The first-order valence-corrected chi connectivity index (χ1v) is 6.56. The average Bonchev–Trinajstić information content (AvgIpc) is 2.38. The van der Waals surface area contributed by atoms with Crippen LogP contribution in [-0.2, 0) is 6.54 Å². The van der Waals surface area contributed by atoms with Gasteiger partial charge in [0.1, 0.15) is 0 Å². The molecule has 0 spiro atoms. The Labute approximate surface area is 109 Å². The fraction of sp³-hybridized carbons (Fsp3) is 0.615. The van der Waals surface area contributed by atoms with Gasteiger partial charge in [-0.15, -0.1) is 11.6 Å². The zero-order valence-corrected chi connectivity index (χ0v) is 11.3. The molecule has 1 aromatic rings. The van der Waals surface area contributed by atoms with Gasteiger partial charge >= 0.3 is 0 Å². The van der Waals surface area contributed by atoms with Crippen molar-refractivity contribution >= 4 is 11.6 Å². The molecule has 0 aliphatic rings. The molecule has 96 valence electrons. The molecule has 0 aliphatic carbocycles. The van der Waals surface area contributed by atoms with Crippen LogP contribution in [-0.4, -0.2) is 24.5 Å². The minimum absolute atomic E-state index is 0.605. The maximum absolute atomic E-state index is 5.75. The summed E-state index contributed by atoms with van der Waals surface area (Å²) in [6.45, 7) is 3.96. The van der Waals surface area contributed by atoms with E-state index in [-0.39, 0.29) is 0 Å². The first kappa shape index (κ1) is 14.3. The van der Waals surface area contributed by atoms with E-state index >= 15 is 0 Å². The summed E-state index contributed by atoms with van der Waals surface area (Å²) < 4.78 is 5.07. The Morgan fingerprint density at radius 1 is 1.47 bits per heavy atom. The van der Waals surface area contributed by atoms with Crippen molar-refractivity contribution in [1.29, 1.82) is 0 Å². The molecule has 0 saturated carbocycles. The Morgan fingerprint density at radius 2 is 2.29 bits per heavy atom. The lowest BCUT2D eigenvalue weighted by molar-refractivity contribution is 0.395. The van der Waals surface area contributed by atoms with Crippen LogP contribution >= 0.6 is 11.6 Å². The maximum atomic E-state index is 5.75. The van der Waals surface area contributed by atoms with Gasteiger partial charge in [-0.25, -0.2) is 4.98 Å². The Morgan fingerprint density at radius 3 is 3.00 bits per heavy atom. The van der Waals surface area contributed by atoms with Gasteiger partial charge in [0.05, 0.1) is 12.8 Å². The smallest absolute Gasteiger partial charge is 0.213 e. The molecule has 0 aromatic carbocycles. The van der Waals surface area contributed by atoms with E-state index in [0.29, 0.717) is 11.8 Å². The first-order valence-electron chi connectivity index (χ1n) is 6.03. The lowest BCUT2D eigenvalue weighted by Gasteiger charge is -2.08. The minimum atomic E-state index is 0.605. The van der Waals surface area contributed by atoms with Gasteiger partial charge < -0.3 is 10.1 Å². The summed E-state index contributed by atoms with van der Waals surface area (Å²) in [6, 6.07) is 5.81. The zero-order chi connectivity index (χ0) is 12.5. The van der Waals surface area contributed by atoms with Crippen LogP contribution < -0.4 is 10.1 Å². The summed E-state index contributed by atoms with van der Waals surface area (Å²) in [7, 11) is 1.63. The third-order valence-electron chi connectivity index (χ3n) is 2.61. The molecule has 0 radical (unpaired) electrons. The minimum Gasteiger partial charge on any atom is -0.481 e. The van der Waals surface area contributed by atoms with Crippen LogP contribution in [0.25, 0.3) is 0 Å². The number of hydrogen-bond acceptors (Lipinski definition) is 3. The van der Waals surface area contributed by atoms with Crippen LogP contribution in [0.3, 0.4) is 0 Å². The van der Waals surface area contributed by atoms with E-state index in [1.54, 1.807) is 7.11 Å². The SMILES string of the molecule is COc1cccc(CNCCCC(C)CCl)n1. The molecular formula is C13H21ClN2O. The van der Waals surface area contributed by atoms with Crippen LogP contribution in [0.4, 0.5) is 0 Å². The molecule has 4 heteroatoms. The van der Waals surface area contributed by atoms with Crippen molar-refractivity contribution in [3.63, 3.8) is 0 Å². The van der Waals surface area contributed by atoms with Crippen molar-refractivity contribution in [2.75, 3.05) is 19.5 Å². The number of aromatic nitrogens is 1. The molecule has 0 aliphatic heterocycles. The Balaban J connectivity index is 2.17. The molecule has 1 N–H and O–H groups in total. The maximum Gasteiger partial charge on any atom is 0.213 e. The highest BCUT2D eigenvalue weighted by atomic mass is 35.5. The van der Waals surface area contributed by atoms with Gasteiger partial charge in [0, 0.05) is 18.5 Å². The lowest BCUT2D eigenvalue weighted by atomic mass is 10.1. The van der Waals surface area contributed by atoms with E-state index in [1.807, 2.05) is 18.2 Å². The van der Waals surface area contributed by atoms with Gasteiger partial charge in [-0.3, -0.25) is 0 Å². The molecule has 0 saturated heterocycles. The highest BCUT2D eigenvalue weighted by Crippen LogP contribution is 2.07. The van der Waals surface area contributed by atoms with Crippen molar-refractivity contribution in [3.8, 4) is 5.88 Å². The number of rotatable bonds is 8. The lowest BCUT2D eigenvalue weighted by Crippen LogP contribution is -2.16. The predicted octanol–water partition coefficient (Wildman–Crippen LogP) is 2.83. The Kier molecular flexibility index (Phi) is 6.97. The average molecular weight is 257 g/mol. The van der Waals surface area contributed by atoms with E-state index in [0.717, 1.165) is 31.1 Å². The number of alkyl halides is 1. The number of nitrogens with zero attached hydrogens (tertiary/aromatic N) is 1. The second kappa shape index (κ2) is 8.31. The van der Waals surface area contributed by atoms with E-state index < -0.39 is 0 Å². The second-order valence-electron chi connectivity index (χ2n) is 4.25. The summed E-state index contributed by atoms with van der Waals surface area (Å²) in [5.74, 6) is 2.02. The predicted molar refractivity (Wildman–Crippen MR) is 71.6 cm³/mol. The van der Waals surface area contributed by atoms with Crippen LogP contribution in [0, 0.1) is 5.92 Å². The van der Waals surface area contributed by atoms with Crippen LogP contribution in [0.15, 0.2) is 18.2 Å². The number of methoxy groups -OCH3 is 1. The summed E-state index contributed by atoms with van der Waals surface area (Å²) in [4.78, 5) is 4.33. The molecule has 1 atom stereocenters. The van der Waals surface area contributed by atoms with E-state index in [2.05, 4.69) is 17.2 Å². The topological polar surface area (TPSA) is 34.1 Å². The fourth-order valence-electron chi connectivity index (χ4n) is 1.54. The van der Waals surface area contributed by atoms with Crippen molar-refractivity contribution in [2.24, 2.45) is 5.92 Å². The molecule has 1 heterocycles. The molecular weight excluding hydrogens is 236 g/mol. The summed E-state index contributed by atoms with van der Waals surface area (Å²) in [6.07, 6.45) is 2.32. The number of halogens is 1. The van der Waals surface area contributed by atoms with Crippen molar-refractivity contribution in [1.82, 2.24) is 10.3 Å². The Bertz CT molecular complexity index is 320. The summed E-state index contributed by atoms with van der Waals surface area (Å²) >= 11 is 5.75. The fourth-order valence-corrected chi connectivity index (χ4v) is 1.69. The highest BCUT2D eigenvalue weighted by molar-refractivity contribution is 6.18. The molecule has 0 amide bonds. The van der Waals surface area contributed by atoms with Gasteiger partial charge in [-0.2, -0.15) is 0 Å². The van der Waals surface area contributed by atoms with Gasteiger partial charge in [0.2, 0.25) is 5.88 Å². The van der Waals surface area contributed by atoms with E-state index in [1.165, 1.54) is 6.42 Å². The molecule has 1 rings (SSSR count). The second-order valence-corrected chi connectivity index (χ2v) is 4.56. The number of hydrogen-bond donors (Lipinski definition) is 1. The van der Waals surface area contributed by atoms with Gasteiger partial charge in [-0.05, 0) is 31.4 Å².